The molecule has 1 aliphatic rings. The van der Waals surface area contributed by atoms with Crippen LogP contribution >= 0.6 is 23.8 Å². The predicted molar refractivity (Wildman–Crippen MR) is 102 cm³/mol. The van der Waals surface area contributed by atoms with E-state index in [4.69, 9.17) is 28.9 Å². The molecule has 130 valence electrons. The summed E-state index contributed by atoms with van der Waals surface area (Å²) in [5.74, 6) is 0.886. The molecule has 0 N–H and O–H groups in total. The van der Waals surface area contributed by atoms with Crippen molar-refractivity contribution in [2.75, 3.05) is 6.54 Å². The average molecular weight is 365 g/mol. The maximum absolute atomic E-state index is 5.99. The van der Waals surface area contributed by atoms with Crippen LogP contribution in [0.1, 0.15) is 39.0 Å². The molecule has 6 heteroatoms. The van der Waals surface area contributed by atoms with Crippen molar-refractivity contribution in [1.29, 1.82) is 0 Å². The van der Waals surface area contributed by atoms with Crippen molar-refractivity contribution < 1.29 is 0 Å². The van der Waals surface area contributed by atoms with E-state index in [1.54, 1.807) is 0 Å². The average Bonchev–Trinajstić information content (AvgIpc) is 2.89. The maximum atomic E-state index is 5.99. The molecule has 1 aromatic heterocycles. The Bertz CT molecular complexity index is 728. The second-order valence-corrected chi connectivity index (χ2v) is 7.31. The van der Waals surface area contributed by atoms with Gasteiger partial charge in [-0.25, -0.2) is 4.68 Å². The minimum absolute atomic E-state index is 0.659. The van der Waals surface area contributed by atoms with Crippen LogP contribution in [0, 0.1) is 4.77 Å². The number of aromatic nitrogens is 3. The van der Waals surface area contributed by atoms with Gasteiger partial charge in [0.1, 0.15) is 0 Å². The quantitative estimate of drug-likeness (QED) is 0.707. The number of benzene rings is 1. The highest BCUT2D eigenvalue weighted by Gasteiger charge is 2.21. The first kappa shape index (κ1) is 17.6. The third-order valence-electron chi connectivity index (χ3n) is 4.96. The fraction of sp³-hybridized carbons (Fsp3) is 0.556. The summed E-state index contributed by atoms with van der Waals surface area (Å²) in [5.41, 5.74) is 1.03. The molecule has 1 saturated carbocycles. The summed E-state index contributed by atoms with van der Waals surface area (Å²) in [6.07, 6.45) is 6.63. The van der Waals surface area contributed by atoms with Crippen molar-refractivity contribution >= 4 is 23.8 Å². The zero-order valence-corrected chi connectivity index (χ0v) is 16.0. The largest absolute Gasteiger partial charge is 0.303 e. The number of rotatable bonds is 5. The molecule has 1 aromatic carbocycles. The van der Waals surface area contributed by atoms with Crippen LogP contribution in [0.3, 0.4) is 0 Å². The van der Waals surface area contributed by atoms with Crippen molar-refractivity contribution in [3.63, 3.8) is 0 Å². The van der Waals surface area contributed by atoms with E-state index in [2.05, 4.69) is 11.8 Å². The van der Waals surface area contributed by atoms with Crippen LogP contribution < -0.4 is 0 Å². The number of halogens is 1. The van der Waals surface area contributed by atoms with Crippen molar-refractivity contribution in [2.45, 2.75) is 51.7 Å². The van der Waals surface area contributed by atoms with Crippen LogP contribution in [-0.2, 0) is 13.7 Å². The molecule has 0 atom stereocenters. The molecular weight excluding hydrogens is 340 g/mol. The van der Waals surface area contributed by atoms with Gasteiger partial charge in [-0.1, -0.05) is 37.8 Å². The molecule has 0 saturated heterocycles. The molecule has 0 spiro atoms. The zero-order valence-electron chi connectivity index (χ0n) is 14.4. The van der Waals surface area contributed by atoms with E-state index in [9.17, 15) is 0 Å². The van der Waals surface area contributed by atoms with E-state index >= 15 is 0 Å². The van der Waals surface area contributed by atoms with Gasteiger partial charge < -0.3 is 4.57 Å². The summed E-state index contributed by atoms with van der Waals surface area (Å²) in [5, 5.41) is 5.51. The first-order valence-corrected chi connectivity index (χ1v) is 9.52. The zero-order chi connectivity index (χ0) is 17.1. The maximum Gasteiger partial charge on any atom is 0.199 e. The molecule has 4 nitrogen and oxygen atoms in total. The predicted octanol–water partition coefficient (Wildman–Crippen LogP) is 4.88. The van der Waals surface area contributed by atoms with Crippen LogP contribution in [-0.4, -0.2) is 31.8 Å². The van der Waals surface area contributed by atoms with Crippen LogP contribution in [0.25, 0.3) is 11.4 Å². The molecule has 0 radical (unpaired) electrons. The van der Waals surface area contributed by atoms with E-state index in [1.807, 2.05) is 40.6 Å². The first-order valence-electron chi connectivity index (χ1n) is 8.74. The van der Waals surface area contributed by atoms with Crippen molar-refractivity contribution in [2.24, 2.45) is 7.05 Å². The van der Waals surface area contributed by atoms with Gasteiger partial charge in [0.2, 0.25) is 0 Å². The number of nitrogens with zero attached hydrogens (tertiary/aromatic N) is 4. The minimum Gasteiger partial charge on any atom is -0.303 e. The first-order chi connectivity index (χ1) is 11.6. The van der Waals surface area contributed by atoms with Crippen LogP contribution in [0.2, 0.25) is 5.02 Å². The fourth-order valence-electron chi connectivity index (χ4n) is 3.52. The van der Waals surface area contributed by atoms with Gasteiger partial charge in [-0.15, -0.1) is 0 Å². The number of hydrogen-bond acceptors (Lipinski definition) is 3. The Morgan fingerprint density at radius 3 is 2.50 bits per heavy atom. The lowest BCUT2D eigenvalue weighted by atomic mass is 9.94. The molecule has 1 fully saturated rings. The SMILES string of the molecule is CCN(Cn1nc(-c2ccc(Cl)cc2)n(C)c1=S)C1CCCCC1. The van der Waals surface area contributed by atoms with E-state index in [0.29, 0.717) is 6.04 Å². The topological polar surface area (TPSA) is 26.0 Å². The Morgan fingerprint density at radius 1 is 1.21 bits per heavy atom. The molecule has 24 heavy (non-hydrogen) atoms. The Kier molecular flexibility index (Phi) is 5.74. The second kappa shape index (κ2) is 7.81. The normalized spacial score (nSPS) is 16.0. The summed E-state index contributed by atoms with van der Waals surface area (Å²) in [6, 6.07) is 8.41. The highest BCUT2D eigenvalue weighted by atomic mass is 35.5. The summed E-state index contributed by atoms with van der Waals surface area (Å²) in [4.78, 5) is 2.51. The minimum atomic E-state index is 0.659. The third kappa shape index (κ3) is 3.73. The summed E-state index contributed by atoms with van der Waals surface area (Å²) < 4.78 is 4.69. The van der Waals surface area contributed by atoms with Crippen LogP contribution in [0.15, 0.2) is 24.3 Å². The van der Waals surface area contributed by atoms with Crippen LogP contribution in [0.4, 0.5) is 0 Å². The van der Waals surface area contributed by atoms with Gasteiger partial charge in [0.05, 0.1) is 6.67 Å². The lowest BCUT2D eigenvalue weighted by molar-refractivity contribution is 0.119. The van der Waals surface area contributed by atoms with E-state index < -0.39 is 0 Å². The summed E-state index contributed by atoms with van der Waals surface area (Å²) in [7, 11) is 1.98. The lowest BCUT2D eigenvalue weighted by Crippen LogP contribution is -2.38. The molecule has 0 amide bonds. The third-order valence-corrected chi connectivity index (χ3v) is 5.69. The van der Waals surface area contributed by atoms with Crippen molar-refractivity contribution in [3.05, 3.63) is 34.1 Å². The molecule has 0 aliphatic heterocycles. The Balaban J connectivity index is 1.84. The van der Waals surface area contributed by atoms with Crippen molar-refractivity contribution in [1.82, 2.24) is 19.2 Å². The van der Waals surface area contributed by atoms with Gasteiger partial charge >= 0.3 is 0 Å². The van der Waals surface area contributed by atoms with Crippen LogP contribution in [0.5, 0.6) is 0 Å². The van der Waals surface area contributed by atoms with E-state index in [-0.39, 0.29) is 0 Å². The molecular formula is C18H25ClN4S. The van der Waals surface area contributed by atoms with Gasteiger partial charge in [-0.3, -0.25) is 4.90 Å². The highest BCUT2D eigenvalue weighted by molar-refractivity contribution is 7.71. The van der Waals surface area contributed by atoms with E-state index in [0.717, 1.165) is 34.4 Å². The Hall–Kier alpha value is -1.17. The fourth-order valence-corrected chi connectivity index (χ4v) is 3.83. The lowest BCUT2D eigenvalue weighted by Gasteiger charge is -2.33. The number of hydrogen-bond donors (Lipinski definition) is 0. The molecule has 2 aromatic rings. The molecule has 0 bridgehead atoms. The van der Waals surface area contributed by atoms with Crippen molar-refractivity contribution in [3.8, 4) is 11.4 Å². The van der Waals surface area contributed by atoms with Gasteiger partial charge in [0.15, 0.2) is 10.6 Å². The Morgan fingerprint density at radius 2 is 1.88 bits per heavy atom. The van der Waals surface area contributed by atoms with E-state index in [1.165, 1.54) is 32.1 Å². The highest BCUT2D eigenvalue weighted by Crippen LogP contribution is 2.24. The molecule has 1 heterocycles. The van der Waals surface area contributed by atoms with Gasteiger partial charge in [-0.05, 0) is 55.9 Å². The molecule has 3 rings (SSSR count). The molecule has 1 aliphatic carbocycles. The summed E-state index contributed by atoms with van der Waals surface area (Å²) in [6.45, 7) is 4.02. The smallest absolute Gasteiger partial charge is 0.199 e. The van der Waals surface area contributed by atoms with Gasteiger partial charge in [-0.2, -0.15) is 5.10 Å². The standard InChI is InChI=1S/C18H25ClN4S/c1-3-22(16-7-5-4-6-8-16)13-23-18(24)21(2)17(20-23)14-9-11-15(19)12-10-14/h9-12,16H,3-8,13H2,1-2H3. The summed E-state index contributed by atoms with van der Waals surface area (Å²) >= 11 is 11.6. The monoisotopic (exact) mass is 364 g/mol. The van der Waals surface area contributed by atoms with Gasteiger partial charge in [0.25, 0.3) is 0 Å². The molecule has 0 unspecified atom stereocenters. The second-order valence-electron chi connectivity index (χ2n) is 6.51. The van der Waals surface area contributed by atoms with Gasteiger partial charge in [0, 0.05) is 23.7 Å². The Labute approximate surface area is 154 Å².